The number of methoxy groups -OCH3 is 1. The van der Waals surface area contributed by atoms with Gasteiger partial charge in [0.2, 0.25) is 0 Å². The lowest BCUT2D eigenvalue weighted by Crippen LogP contribution is -2.06. The van der Waals surface area contributed by atoms with Crippen LogP contribution in [0.1, 0.15) is 10.5 Å². The van der Waals surface area contributed by atoms with Crippen LogP contribution in [0.4, 0.5) is 0 Å². The van der Waals surface area contributed by atoms with Gasteiger partial charge in [-0.25, -0.2) is 9.78 Å². The summed E-state index contributed by atoms with van der Waals surface area (Å²) in [5.41, 5.74) is 0.954. The van der Waals surface area contributed by atoms with E-state index in [1.54, 1.807) is 6.07 Å². The van der Waals surface area contributed by atoms with Crippen molar-refractivity contribution in [2.45, 2.75) is 0 Å². The molecular formula is C9H6ClIN2O2S. The van der Waals surface area contributed by atoms with Gasteiger partial charge in [0, 0.05) is 41.9 Å². The first-order chi connectivity index (χ1) is 7.67. The molecule has 2 aromatic rings. The summed E-state index contributed by atoms with van der Waals surface area (Å²) in [5, 5.41) is 1.15. The molecule has 0 spiro atoms. The predicted molar refractivity (Wildman–Crippen MR) is 73.1 cm³/mol. The predicted octanol–water partition coefficient (Wildman–Crippen LogP) is 3.32. The Labute approximate surface area is 113 Å². The Morgan fingerprint density at radius 3 is 3.06 bits per heavy atom. The van der Waals surface area contributed by atoms with Gasteiger partial charge in [-0.05, 0) is 12.1 Å². The van der Waals surface area contributed by atoms with Crippen LogP contribution < -0.4 is 0 Å². The normalized spacial score (nSPS) is 10.7. The summed E-state index contributed by atoms with van der Waals surface area (Å²) >= 11 is 7.97. The number of ether oxygens (including phenoxy) is 1. The number of hydrogen-bond acceptors (Lipinski definition) is 4. The molecule has 0 atom stereocenters. The Hall–Kier alpha value is -0.470. The maximum atomic E-state index is 11.6. The molecule has 0 radical (unpaired) electrons. The highest BCUT2D eigenvalue weighted by molar-refractivity contribution is 14.2. The van der Waals surface area contributed by atoms with E-state index in [1.165, 1.54) is 16.2 Å². The SMILES string of the molecule is COC(=O)c1nc(Cl)cc2ccn(SI)c12. The van der Waals surface area contributed by atoms with Gasteiger partial charge in [0.15, 0.2) is 5.69 Å². The molecule has 2 rings (SSSR count). The topological polar surface area (TPSA) is 44.1 Å². The van der Waals surface area contributed by atoms with Crippen LogP contribution in [0, 0.1) is 0 Å². The molecule has 0 aliphatic carbocycles. The van der Waals surface area contributed by atoms with Crippen molar-refractivity contribution in [3.8, 4) is 0 Å². The number of rotatable bonds is 2. The van der Waals surface area contributed by atoms with Gasteiger partial charge in [0.25, 0.3) is 0 Å². The van der Waals surface area contributed by atoms with Crippen molar-refractivity contribution in [2.24, 2.45) is 0 Å². The second-order valence-electron chi connectivity index (χ2n) is 2.93. The van der Waals surface area contributed by atoms with Gasteiger partial charge in [-0.3, -0.25) is 3.97 Å². The number of carbonyl (C=O) groups excluding carboxylic acids is 1. The number of halogens is 2. The third kappa shape index (κ3) is 2.01. The summed E-state index contributed by atoms with van der Waals surface area (Å²) in [6.45, 7) is 0. The molecule has 16 heavy (non-hydrogen) atoms. The lowest BCUT2D eigenvalue weighted by molar-refractivity contribution is 0.0596. The molecule has 0 aliphatic heterocycles. The average molecular weight is 369 g/mol. The third-order valence-corrected chi connectivity index (χ3v) is 3.97. The zero-order valence-electron chi connectivity index (χ0n) is 8.11. The summed E-state index contributed by atoms with van der Waals surface area (Å²) < 4.78 is 6.52. The molecule has 0 saturated heterocycles. The van der Waals surface area contributed by atoms with Crippen molar-refractivity contribution in [2.75, 3.05) is 7.11 Å². The Morgan fingerprint density at radius 2 is 2.44 bits per heavy atom. The van der Waals surface area contributed by atoms with Crippen molar-refractivity contribution >= 4 is 58.8 Å². The number of esters is 1. The van der Waals surface area contributed by atoms with Gasteiger partial charge in [0.05, 0.1) is 12.6 Å². The summed E-state index contributed by atoms with van der Waals surface area (Å²) in [6.07, 6.45) is 1.85. The number of aromatic nitrogens is 2. The fraction of sp³-hybridized carbons (Fsp3) is 0.111. The van der Waals surface area contributed by atoms with Crippen LogP contribution in [-0.4, -0.2) is 22.0 Å². The van der Waals surface area contributed by atoms with Crippen molar-refractivity contribution < 1.29 is 9.53 Å². The second kappa shape index (κ2) is 4.80. The van der Waals surface area contributed by atoms with Crippen LogP contribution in [-0.2, 0) is 4.74 Å². The zero-order valence-corrected chi connectivity index (χ0v) is 11.8. The van der Waals surface area contributed by atoms with Gasteiger partial charge in [-0.1, -0.05) is 11.6 Å². The lowest BCUT2D eigenvalue weighted by Gasteiger charge is -2.04. The van der Waals surface area contributed by atoms with Gasteiger partial charge in [-0.2, -0.15) is 0 Å². The summed E-state index contributed by atoms with van der Waals surface area (Å²) in [6, 6.07) is 3.59. The Balaban J connectivity index is 2.77. The van der Waals surface area contributed by atoms with Crippen molar-refractivity contribution in [1.82, 2.24) is 8.96 Å². The Morgan fingerprint density at radius 1 is 1.69 bits per heavy atom. The highest BCUT2D eigenvalue weighted by Gasteiger charge is 2.17. The number of hydrogen-bond donors (Lipinski definition) is 0. The molecule has 2 heterocycles. The van der Waals surface area contributed by atoms with E-state index in [0.717, 1.165) is 10.9 Å². The van der Waals surface area contributed by atoms with E-state index in [1.807, 2.05) is 16.2 Å². The highest BCUT2D eigenvalue weighted by atomic mass is 127. The second-order valence-corrected chi connectivity index (χ2v) is 5.03. The van der Waals surface area contributed by atoms with Crippen molar-refractivity contribution in [3.63, 3.8) is 0 Å². The van der Waals surface area contributed by atoms with Gasteiger partial charge in [-0.15, -0.1) is 0 Å². The quantitative estimate of drug-likeness (QED) is 0.463. The number of pyridine rings is 1. The average Bonchev–Trinajstić information content (AvgIpc) is 2.69. The minimum Gasteiger partial charge on any atom is -0.464 e. The minimum atomic E-state index is -0.488. The van der Waals surface area contributed by atoms with E-state index in [9.17, 15) is 4.79 Å². The van der Waals surface area contributed by atoms with Crippen LogP contribution in [0.2, 0.25) is 5.15 Å². The Kier molecular flexibility index (Phi) is 3.60. The first kappa shape index (κ1) is 12.0. The van der Waals surface area contributed by atoms with Crippen molar-refractivity contribution in [1.29, 1.82) is 0 Å². The number of nitrogens with zero attached hydrogens (tertiary/aromatic N) is 2. The van der Waals surface area contributed by atoms with Gasteiger partial charge >= 0.3 is 5.97 Å². The molecule has 4 nitrogen and oxygen atoms in total. The van der Waals surface area contributed by atoms with Crippen LogP contribution in [0.15, 0.2) is 18.3 Å². The molecule has 0 aliphatic rings. The fourth-order valence-corrected chi connectivity index (χ4v) is 2.96. The van der Waals surface area contributed by atoms with E-state index in [4.69, 9.17) is 11.6 Å². The van der Waals surface area contributed by atoms with Gasteiger partial charge in [0.1, 0.15) is 5.15 Å². The Bertz CT molecular complexity index is 558. The molecule has 0 aromatic carbocycles. The maximum absolute atomic E-state index is 11.6. The fourth-order valence-electron chi connectivity index (χ4n) is 1.40. The van der Waals surface area contributed by atoms with Crippen LogP contribution in [0.25, 0.3) is 10.9 Å². The van der Waals surface area contributed by atoms with Crippen LogP contribution >= 0.6 is 41.9 Å². The standard InChI is InChI=1S/C9H6ClIN2O2S/c1-15-9(14)7-8-5(4-6(10)12-7)2-3-13(8)16-11/h2-4H,1H3. The first-order valence-corrected chi connectivity index (χ1v) is 7.91. The molecule has 0 unspecified atom stereocenters. The van der Waals surface area contributed by atoms with Crippen LogP contribution in [0.5, 0.6) is 0 Å². The molecule has 0 fully saturated rings. The monoisotopic (exact) mass is 368 g/mol. The smallest absolute Gasteiger partial charge is 0.358 e. The van der Waals surface area contributed by atoms with Crippen molar-refractivity contribution in [3.05, 3.63) is 29.2 Å². The largest absolute Gasteiger partial charge is 0.464 e. The molecule has 2 aromatic heterocycles. The van der Waals surface area contributed by atoms with Crippen LogP contribution in [0.3, 0.4) is 0 Å². The number of carbonyl (C=O) groups is 1. The zero-order chi connectivity index (χ0) is 11.7. The van der Waals surface area contributed by atoms with E-state index < -0.39 is 5.97 Å². The van der Waals surface area contributed by atoms with Gasteiger partial charge < -0.3 is 4.74 Å². The molecule has 0 bridgehead atoms. The third-order valence-electron chi connectivity index (χ3n) is 2.05. The molecule has 84 valence electrons. The first-order valence-electron chi connectivity index (χ1n) is 4.22. The summed E-state index contributed by atoms with van der Waals surface area (Å²) in [7, 11) is 2.77. The minimum absolute atomic E-state index is 0.235. The molecule has 0 N–H and O–H groups in total. The summed E-state index contributed by atoms with van der Waals surface area (Å²) in [5.74, 6) is -0.488. The maximum Gasteiger partial charge on any atom is 0.358 e. The number of fused-ring (bicyclic) bond motifs is 1. The van der Waals surface area contributed by atoms with E-state index in [2.05, 4.69) is 30.9 Å². The van der Waals surface area contributed by atoms with E-state index >= 15 is 0 Å². The molecular weight excluding hydrogens is 363 g/mol. The lowest BCUT2D eigenvalue weighted by atomic mass is 10.2. The molecule has 7 heteroatoms. The van der Waals surface area contributed by atoms with E-state index in [-0.39, 0.29) is 10.8 Å². The molecule has 0 amide bonds. The highest BCUT2D eigenvalue weighted by Crippen LogP contribution is 2.28. The summed E-state index contributed by atoms with van der Waals surface area (Å²) in [4.78, 5) is 15.6. The molecule has 0 saturated carbocycles. The van der Waals surface area contributed by atoms with E-state index in [0.29, 0.717) is 0 Å².